The highest BCUT2D eigenvalue weighted by molar-refractivity contribution is 5.76. The molecular formula is C15H22F2N2O2. The van der Waals surface area contributed by atoms with Gasteiger partial charge in [-0.3, -0.25) is 4.79 Å². The summed E-state index contributed by atoms with van der Waals surface area (Å²) in [7, 11) is 0. The minimum atomic E-state index is -0.990. The molecule has 1 amide bonds. The quantitative estimate of drug-likeness (QED) is 0.703. The van der Waals surface area contributed by atoms with Crippen molar-refractivity contribution in [1.29, 1.82) is 0 Å². The Balaban J connectivity index is 2.32. The maximum Gasteiger partial charge on any atom is 0.221 e. The standard InChI is InChI=1S/C15H22F2N2O2/c1-15(2,3)19-14(21)6-7-18-9-13(20)10-4-5-11(16)12(17)8-10/h4-5,8,13,18,20H,6-7,9H2,1-3H3,(H,19,21). The van der Waals surface area contributed by atoms with Crippen LogP contribution < -0.4 is 10.6 Å². The monoisotopic (exact) mass is 300 g/mol. The third-order valence-electron chi connectivity index (χ3n) is 2.71. The molecule has 0 heterocycles. The zero-order chi connectivity index (χ0) is 16.0. The number of hydrogen-bond acceptors (Lipinski definition) is 3. The Hall–Kier alpha value is -1.53. The van der Waals surface area contributed by atoms with Crippen LogP contribution in [0.15, 0.2) is 18.2 Å². The van der Waals surface area contributed by atoms with Crippen LogP contribution in [-0.2, 0) is 4.79 Å². The average Bonchev–Trinajstić information content (AvgIpc) is 2.35. The molecule has 1 atom stereocenters. The fraction of sp³-hybridized carbons (Fsp3) is 0.533. The maximum atomic E-state index is 13.0. The number of hydrogen-bond donors (Lipinski definition) is 3. The molecule has 4 nitrogen and oxygen atoms in total. The highest BCUT2D eigenvalue weighted by Gasteiger charge is 2.14. The Kier molecular flexibility index (Phi) is 6.23. The molecule has 0 bridgehead atoms. The molecule has 0 fully saturated rings. The lowest BCUT2D eigenvalue weighted by molar-refractivity contribution is -0.122. The highest BCUT2D eigenvalue weighted by atomic mass is 19.2. The van der Waals surface area contributed by atoms with Crippen molar-refractivity contribution >= 4 is 5.91 Å². The third kappa shape index (κ3) is 6.64. The first kappa shape index (κ1) is 17.5. The molecule has 21 heavy (non-hydrogen) atoms. The molecule has 0 aliphatic heterocycles. The van der Waals surface area contributed by atoms with Crippen LogP contribution in [0.3, 0.4) is 0 Å². The average molecular weight is 300 g/mol. The molecule has 0 radical (unpaired) electrons. The Labute approximate surface area is 123 Å². The summed E-state index contributed by atoms with van der Waals surface area (Å²) in [6.07, 6.45) is -0.673. The summed E-state index contributed by atoms with van der Waals surface area (Å²) < 4.78 is 25.8. The second-order valence-corrected chi connectivity index (χ2v) is 5.94. The van der Waals surface area contributed by atoms with Crippen molar-refractivity contribution < 1.29 is 18.7 Å². The van der Waals surface area contributed by atoms with Crippen LogP contribution in [0.4, 0.5) is 8.78 Å². The fourth-order valence-corrected chi connectivity index (χ4v) is 1.76. The lowest BCUT2D eigenvalue weighted by Crippen LogP contribution is -2.41. The van der Waals surface area contributed by atoms with Crippen LogP contribution >= 0.6 is 0 Å². The first-order valence-electron chi connectivity index (χ1n) is 6.84. The largest absolute Gasteiger partial charge is 0.387 e. The van der Waals surface area contributed by atoms with Gasteiger partial charge in [0.25, 0.3) is 0 Å². The minimum absolute atomic E-state index is 0.0858. The van der Waals surface area contributed by atoms with E-state index in [9.17, 15) is 18.7 Å². The highest BCUT2D eigenvalue weighted by Crippen LogP contribution is 2.15. The van der Waals surface area contributed by atoms with Crippen molar-refractivity contribution in [2.45, 2.75) is 38.8 Å². The molecule has 6 heteroatoms. The van der Waals surface area contributed by atoms with E-state index in [4.69, 9.17) is 0 Å². The lowest BCUT2D eigenvalue weighted by Gasteiger charge is -2.20. The molecule has 0 aromatic heterocycles. The molecule has 0 saturated heterocycles. The predicted molar refractivity (Wildman–Crippen MR) is 76.7 cm³/mol. The van der Waals surface area contributed by atoms with E-state index in [1.165, 1.54) is 6.07 Å². The smallest absolute Gasteiger partial charge is 0.221 e. The van der Waals surface area contributed by atoms with Crippen molar-refractivity contribution in [3.63, 3.8) is 0 Å². The first-order valence-corrected chi connectivity index (χ1v) is 6.84. The lowest BCUT2D eigenvalue weighted by atomic mass is 10.1. The van der Waals surface area contributed by atoms with Gasteiger partial charge in [-0.2, -0.15) is 0 Å². The van der Waals surface area contributed by atoms with Crippen molar-refractivity contribution in [2.24, 2.45) is 0 Å². The number of aliphatic hydroxyl groups excluding tert-OH is 1. The zero-order valence-corrected chi connectivity index (χ0v) is 12.5. The van der Waals surface area contributed by atoms with Gasteiger partial charge in [-0.15, -0.1) is 0 Å². The molecule has 0 aliphatic carbocycles. The van der Waals surface area contributed by atoms with Gasteiger partial charge in [-0.25, -0.2) is 8.78 Å². The molecule has 118 valence electrons. The van der Waals surface area contributed by atoms with Gasteiger partial charge in [0.15, 0.2) is 11.6 Å². The van der Waals surface area contributed by atoms with Gasteiger partial charge in [0.2, 0.25) is 5.91 Å². The van der Waals surface area contributed by atoms with Gasteiger partial charge in [0.1, 0.15) is 0 Å². The topological polar surface area (TPSA) is 61.4 Å². The first-order chi connectivity index (χ1) is 9.69. The number of carbonyl (C=O) groups excluding carboxylic acids is 1. The number of halogens is 2. The van der Waals surface area contributed by atoms with Crippen molar-refractivity contribution in [1.82, 2.24) is 10.6 Å². The second kappa shape index (κ2) is 7.47. The Morgan fingerprint density at radius 1 is 1.29 bits per heavy atom. The Morgan fingerprint density at radius 2 is 1.95 bits per heavy atom. The van der Waals surface area contributed by atoms with E-state index in [1.54, 1.807) is 0 Å². The predicted octanol–water partition coefficient (Wildman–Crippen LogP) is 1.89. The van der Waals surface area contributed by atoms with Crippen LogP contribution in [0.2, 0.25) is 0 Å². The van der Waals surface area contributed by atoms with E-state index < -0.39 is 17.7 Å². The van der Waals surface area contributed by atoms with E-state index in [1.807, 2.05) is 20.8 Å². The van der Waals surface area contributed by atoms with E-state index in [2.05, 4.69) is 10.6 Å². The molecule has 0 saturated carbocycles. The van der Waals surface area contributed by atoms with Gasteiger partial charge in [0, 0.05) is 25.0 Å². The molecule has 3 N–H and O–H groups in total. The molecule has 0 spiro atoms. The van der Waals surface area contributed by atoms with Crippen LogP contribution in [0.1, 0.15) is 38.9 Å². The summed E-state index contributed by atoms with van der Waals surface area (Å²) in [5, 5.41) is 15.6. The van der Waals surface area contributed by atoms with E-state index in [-0.39, 0.29) is 24.4 Å². The number of aliphatic hydroxyl groups is 1. The molecule has 1 aromatic carbocycles. The van der Waals surface area contributed by atoms with E-state index in [0.717, 1.165) is 12.1 Å². The molecule has 1 unspecified atom stereocenters. The van der Waals surface area contributed by atoms with Gasteiger partial charge in [0.05, 0.1) is 6.10 Å². The Morgan fingerprint density at radius 3 is 2.52 bits per heavy atom. The number of carbonyl (C=O) groups is 1. The van der Waals surface area contributed by atoms with Gasteiger partial charge >= 0.3 is 0 Å². The normalized spacial score (nSPS) is 13.0. The summed E-state index contributed by atoms with van der Waals surface area (Å²) in [6.45, 7) is 6.23. The van der Waals surface area contributed by atoms with Crippen LogP contribution in [-0.4, -0.2) is 29.6 Å². The molecule has 1 aromatic rings. The third-order valence-corrected chi connectivity index (χ3v) is 2.71. The Bertz CT molecular complexity index is 487. The number of amides is 1. The number of benzene rings is 1. The summed E-state index contributed by atoms with van der Waals surface area (Å²) in [5.74, 6) is -2.02. The van der Waals surface area contributed by atoms with Crippen molar-refractivity contribution in [3.05, 3.63) is 35.4 Å². The zero-order valence-electron chi connectivity index (χ0n) is 12.5. The van der Waals surface area contributed by atoms with Gasteiger partial charge in [-0.05, 0) is 38.5 Å². The summed E-state index contributed by atoms with van der Waals surface area (Å²) in [5.41, 5.74) is 0.0166. The second-order valence-electron chi connectivity index (χ2n) is 5.94. The SMILES string of the molecule is CC(C)(C)NC(=O)CCNCC(O)c1ccc(F)c(F)c1. The maximum absolute atomic E-state index is 13.0. The van der Waals surface area contributed by atoms with Gasteiger partial charge in [-0.1, -0.05) is 6.07 Å². The molecular weight excluding hydrogens is 278 g/mol. The summed E-state index contributed by atoms with van der Waals surface area (Å²) in [6, 6.07) is 3.27. The van der Waals surface area contributed by atoms with Crippen LogP contribution in [0, 0.1) is 11.6 Å². The number of nitrogens with one attached hydrogen (secondary N) is 2. The van der Waals surface area contributed by atoms with E-state index in [0.29, 0.717) is 12.1 Å². The van der Waals surface area contributed by atoms with Crippen molar-refractivity contribution in [2.75, 3.05) is 13.1 Å². The minimum Gasteiger partial charge on any atom is -0.387 e. The molecule has 0 aliphatic rings. The van der Waals surface area contributed by atoms with Crippen LogP contribution in [0.25, 0.3) is 0 Å². The molecule has 1 rings (SSSR count). The van der Waals surface area contributed by atoms with E-state index >= 15 is 0 Å². The van der Waals surface area contributed by atoms with Gasteiger partial charge < -0.3 is 15.7 Å². The fourth-order valence-electron chi connectivity index (χ4n) is 1.76. The summed E-state index contributed by atoms with van der Waals surface area (Å²) in [4.78, 5) is 11.6. The number of rotatable bonds is 6. The summed E-state index contributed by atoms with van der Waals surface area (Å²) >= 11 is 0. The van der Waals surface area contributed by atoms with Crippen molar-refractivity contribution in [3.8, 4) is 0 Å². The van der Waals surface area contributed by atoms with Crippen LogP contribution in [0.5, 0.6) is 0 Å².